The van der Waals surface area contributed by atoms with Gasteiger partial charge in [0.2, 0.25) is 0 Å². The van der Waals surface area contributed by atoms with Gasteiger partial charge in [0.05, 0.1) is 24.4 Å². The van der Waals surface area contributed by atoms with Crippen LogP contribution in [-0.2, 0) is 9.47 Å². The Morgan fingerprint density at radius 2 is 2.17 bits per heavy atom. The molecule has 5 nitrogen and oxygen atoms in total. The number of aromatic nitrogens is 1. The average molecular weight is 320 g/mol. The minimum Gasteiger partial charge on any atom is -0.444 e. The predicted molar refractivity (Wildman–Crippen MR) is 89.2 cm³/mol. The predicted octanol–water partition coefficient (Wildman–Crippen LogP) is 3.95. The molecule has 2 rings (SSSR count). The molecule has 1 saturated heterocycles. The molecule has 2 heterocycles. The van der Waals surface area contributed by atoms with Crippen LogP contribution >= 0.6 is 0 Å². The van der Waals surface area contributed by atoms with Crippen molar-refractivity contribution < 1.29 is 14.3 Å². The maximum absolute atomic E-state index is 12.4. The van der Waals surface area contributed by atoms with E-state index in [1.54, 1.807) is 6.20 Å². The molecule has 0 bridgehead atoms. The van der Waals surface area contributed by atoms with Gasteiger partial charge in [-0.05, 0) is 59.1 Å². The minimum absolute atomic E-state index is 0.0739. The maximum atomic E-state index is 12.4. The normalized spacial score (nSPS) is 20.2. The van der Waals surface area contributed by atoms with Crippen LogP contribution in [0.5, 0.6) is 0 Å². The first-order valence-electron chi connectivity index (χ1n) is 8.39. The highest BCUT2D eigenvalue weighted by molar-refractivity contribution is 5.68. The van der Waals surface area contributed by atoms with Crippen molar-refractivity contribution in [1.82, 2.24) is 9.88 Å². The number of amides is 1. The molecule has 0 saturated carbocycles. The van der Waals surface area contributed by atoms with E-state index in [1.165, 1.54) is 0 Å². The van der Waals surface area contributed by atoms with E-state index >= 15 is 0 Å². The molecule has 1 aliphatic heterocycles. The Bertz CT molecular complexity index is 499. The van der Waals surface area contributed by atoms with Crippen LogP contribution in [-0.4, -0.2) is 40.8 Å². The first kappa shape index (κ1) is 17.7. The number of pyridine rings is 1. The van der Waals surface area contributed by atoms with Gasteiger partial charge in [-0.25, -0.2) is 4.79 Å². The summed E-state index contributed by atoms with van der Waals surface area (Å²) in [5.74, 6) is 0. The summed E-state index contributed by atoms with van der Waals surface area (Å²) < 4.78 is 11.5. The van der Waals surface area contributed by atoms with Gasteiger partial charge in [-0.15, -0.1) is 0 Å². The summed E-state index contributed by atoms with van der Waals surface area (Å²) >= 11 is 0. The molecule has 0 aliphatic carbocycles. The third-order valence-corrected chi connectivity index (χ3v) is 3.90. The van der Waals surface area contributed by atoms with Crippen LogP contribution in [0.15, 0.2) is 24.4 Å². The third-order valence-electron chi connectivity index (χ3n) is 3.90. The highest BCUT2D eigenvalue weighted by Gasteiger charge is 2.31. The SMILES string of the molecule is CC(OCC1CCCCN1C(=O)OC(C)(C)C)c1ccccn1. The van der Waals surface area contributed by atoms with Crippen molar-refractivity contribution in [3.8, 4) is 0 Å². The standard InChI is InChI=1S/C18H28N2O3/c1-14(16-10-5-7-11-19-16)22-13-15-9-6-8-12-20(15)17(21)23-18(2,3)4/h5,7,10-11,14-15H,6,8-9,12-13H2,1-4H3. The van der Waals surface area contributed by atoms with Gasteiger partial charge in [-0.3, -0.25) is 4.98 Å². The van der Waals surface area contributed by atoms with Crippen molar-refractivity contribution in [1.29, 1.82) is 0 Å². The van der Waals surface area contributed by atoms with Crippen LogP contribution in [0.4, 0.5) is 4.79 Å². The summed E-state index contributed by atoms with van der Waals surface area (Å²) in [5, 5.41) is 0. The van der Waals surface area contributed by atoms with Gasteiger partial charge in [-0.2, -0.15) is 0 Å². The number of ether oxygens (including phenoxy) is 2. The average Bonchev–Trinajstić information content (AvgIpc) is 2.52. The summed E-state index contributed by atoms with van der Waals surface area (Å²) in [7, 11) is 0. The minimum atomic E-state index is -0.471. The molecule has 1 aliphatic rings. The number of hydrogen-bond acceptors (Lipinski definition) is 4. The lowest BCUT2D eigenvalue weighted by molar-refractivity contribution is -0.0218. The third kappa shape index (κ3) is 5.50. The summed E-state index contributed by atoms with van der Waals surface area (Å²) in [6.45, 7) is 8.91. The lowest BCUT2D eigenvalue weighted by Crippen LogP contribution is -2.48. The molecule has 1 fully saturated rings. The maximum Gasteiger partial charge on any atom is 0.410 e. The Labute approximate surface area is 139 Å². The van der Waals surface area contributed by atoms with Crippen molar-refractivity contribution in [3.05, 3.63) is 30.1 Å². The Morgan fingerprint density at radius 1 is 1.39 bits per heavy atom. The quantitative estimate of drug-likeness (QED) is 0.843. The summed E-state index contributed by atoms with van der Waals surface area (Å²) in [6, 6.07) is 5.87. The van der Waals surface area contributed by atoms with E-state index in [2.05, 4.69) is 4.98 Å². The molecule has 0 aromatic carbocycles. The van der Waals surface area contributed by atoms with Crippen LogP contribution in [0.1, 0.15) is 58.8 Å². The monoisotopic (exact) mass is 320 g/mol. The Balaban J connectivity index is 1.92. The van der Waals surface area contributed by atoms with Crippen LogP contribution in [0.25, 0.3) is 0 Å². The van der Waals surface area contributed by atoms with E-state index in [9.17, 15) is 4.79 Å². The molecule has 128 valence electrons. The summed E-state index contributed by atoms with van der Waals surface area (Å²) in [5.41, 5.74) is 0.438. The molecule has 2 unspecified atom stereocenters. The number of likely N-dealkylation sites (tertiary alicyclic amines) is 1. The van der Waals surface area contributed by atoms with Gasteiger partial charge >= 0.3 is 6.09 Å². The van der Waals surface area contributed by atoms with E-state index in [1.807, 2.05) is 50.8 Å². The van der Waals surface area contributed by atoms with Crippen molar-refractivity contribution in [2.75, 3.05) is 13.2 Å². The number of hydrogen-bond donors (Lipinski definition) is 0. The number of nitrogens with zero attached hydrogens (tertiary/aromatic N) is 2. The second-order valence-corrected chi connectivity index (χ2v) is 7.05. The Morgan fingerprint density at radius 3 is 2.83 bits per heavy atom. The molecule has 0 N–H and O–H groups in total. The topological polar surface area (TPSA) is 51.7 Å². The molecular formula is C18H28N2O3. The highest BCUT2D eigenvalue weighted by Crippen LogP contribution is 2.23. The van der Waals surface area contributed by atoms with E-state index in [0.29, 0.717) is 6.61 Å². The second kappa shape index (κ2) is 7.77. The van der Waals surface area contributed by atoms with Crippen LogP contribution in [0.2, 0.25) is 0 Å². The number of rotatable bonds is 4. The molecule has 5 heteroatoms. The van der Waals surface area contributed by atoms with E-state index in [-0.39, 0.29) is 18.2 Å². The van der Waals surface area contributed by atoms with Gasteiger partial charge in [0.15, 0.2) is 0 Å². The summed E-state index contributed by atoms with van der Waals surface area (Å²) in [6.07, 6.45) is 4.53. The fraction of sp³-hybridized carbons (Fsp3) is 0.667. The first-order valence-corrected chi connectivity index (χ1v) is 8.39. The zero-order chi connectivity index (χ0) is 16.9. The van der Waals surface area contributed by atoms with Gasteiger partial charge in [-0.1, -0.05) is 6.07 Å². The lowest BCUT2D eigenvalue weighted by atomic mass is 10.0. The Hall–Kier alpha value is -1.62. The number of carbonyl (C=O) groups is 1. The fourth-order valence-corrected chi connectivity index (χ4v) is 2.69. The first-order chi connectivity index (χ1) is 10.9. The second-order valence-electron chi connectivity index (χ2n) is 7.05. The molecule has 0 radical (unpaired) electrons. The fourth-order valence-electron chi connectivity index (χ4n) is 2.69. The molecule has 1 amide bonds. The lowest BCUT2D eigenvalue weighted by Gasteiger charge is -2.37. The van der Waals surface area contributed by atoms with E-state index in [0.717, 1.165) is 31.5 Å². The molecule has 1 aromatic rings. The molecule has 2 atom stereocenters. The zero-order valence-corrected chi connectivity index (χ0v) is 14.6. The van der Waals surface area contributed by atoms with Gasteiger partial charge in [0, 0.05) is 12.7 Å². The van der Waals surface area contributed by atoms with Crippen LogP contribution in [0, 0.1) is 0 Å². The van der Waals surface area contributed by atoms with Crippen molar-refractivity contribution in [2.24, 2.45) is 0 Å². The van der Waals surface area contributed by atoms with Gasteiger partial charge in [0.25, 0.3) is 0 Å². The largest absolute Gasteiger partial charge is 0.444 e. The zero-order valence-electron chi connectivity index (χ0n) is 14.6. The van der Waals surface area contributed by atoms with E-state index < -0.39 is 5.60 Å². The molecule has 23 heavy (non-hydrogen) atoms. The smallest absolute Gasteiger partial charge is 0.410 e. The molecule has 0 spiro atoms. The number of carbonyl (C=O) groups excluding carboxylic acids is 1. The van der Waals surface area contributed by atoms with E-state index in [4.69, 9.17) is 9.47 Å². The molecular weight excluding hydrogens is 292 g/mol. The van der Waals surface area contributed by atoms with Crippen LogP contribution < -0.4 is 0 Å². The van der Waals surface area contributed by atoms with Gasteiger partial charge < -0.3 is 14.4 Å². The molecule has 1 aromatic heterocycles. The Kier molecular flexibility index (Phi) is 5.99. The number of piperidine rings is 1. The highest BCUT2D eigenvalue weighted by atomic mass is 16.6. The van der Waals surface area contributed by atoms with Gasteiger partial charge in [0.1, 0.15) is 5.60 Å². The van der Waals surface area contributed by atoms with Crippen molar-refractivity contribution >= 4 is 6.09 Å². The van der Waals surface area contributed by atoms with Crippen molar-refractivity contribution in [2.45, 2.75) is 64.7 Å². The van der Waals surface area contributed by atoms with Crippen molar-refractivity contribution in [3.63, 3.8) is 0 Å². The summed E-state index contributed by atoms with van der Waals surface area (Å²) in [4.78, 5) is 18.5. The van der Waals surface area contributed by atoms with Crippen LogP contribution in [0.3, 0.4) is 0 Å².